The minimum atomic E-state index is 0.168. The Morgan fingerprint density at radius 1 is 1.26 bits per heavy atom. The summed E-state index contributed by atoms with van der Waals surface area (Å²) >= 11 is 0. The van der Waals surface area contributed by atoms with Gasteiger partial charge in [0.15, 0.2) is 0 Å². The molecule has 2 aromatic heterocycles. The van der Waals surface area contributed by atoms with Crippen molar-refractivity contribution in [2.45, 2.75) is 6.04 Å². The molecule has 0 spiro atoms. The molecule has 1 aliphatic rings. The van der Waals surface area contributed by atoms with Crippen LogP contribution in [0.5, 0.6) is 5.88 Å². The molecule has 23 heavy (non-hydrogen) atoms. The summed E-state index contributed by atoms with van der Waals surface area (Å²) in [6.07, 6.45) is 3.32. The third-order valence-corrected chi connectivity index (χ3v) is 3.84. The minimum Gasteiger partial charge on any atom is -0.481 e. The summed E-state index contributed by atoms with van der Waals surface area (Å²) in [4.78, 5) is 15.2. The van der Waals surface area contributed by atoms with Crippen molar-refractivity contribution in [1.82, 2.24) is 19.9 Å². The molecule has 3 rings (SSSR count). The molecule has 0 amide bonds. The van der Waals surface area contributed by atoms with Gasteiger partial charge in [-0.3, -0.25) is 9.88 Å². The highest BCUT2D eigenvalue weighted by Crippen LogP contribution is 2.21. The Morgan fingerprint density at radius 3 is 2.87 bits per heavy atom. The van der Waals surface area contributed by atoms with Crippen LogP contribution in [0.2, 0.25) is 0 Å². The Labute approximate surface area is 135 Å². The van der Waals surface area contributed by atoms with E-state index in [-0.39, 0.29) is 6.04 Å². The summed E-state index contributed by atoms with van der Waals surface area (Å²) in [5.41, 5.74) is 1.04. The van der Waals surface area contributed by atoms with Gasteiger partial charge in [0.2, 0.25) is 5.88 Å². The predicted molar refractivity (Wildman–Crippen MR) is 86.4 cm³/mol. The number of anilines is 1. The van der Waals surface area contributed by atoms with Gasteiger partial charge < -0.3 is 14.8 Å². The number of rotatable bonds is 6. The standard InChI is InChI=1S/C16H21N5O2/c1-22-16-10-15(19-12-20-16)18-11-14(13-4-2-3-5-17-13)21-6-8-23-9-7-21/h2-5,10,12,14H,6-9,11H2,1H3,(H,18,19,20). The number of nitrogens with one attached hydrogen (secondary N) is 1. The molecule has 0 radical (unpaired) electrons. The summed E-state index contributed by atoms with van der Waals surface area (Å²) in [5.74, 6) is 1.29. The van der Waals surface area contributed by atoms with Crippen LogP contribution in [0.15, 0.2) is 36.8 Å². The molecule has 1 N–H and O–H groups in total. The first-order valence-corrected chi connectivity index (χ1v) is 7.69. The summed E-state index contributed by atoms with van der Waals surface area (Å²) in [6.45, 7) is 4.01. The van der Waals surface area contributed by atoms with E-state index in [0.717, 1.165) is 37.8 Å². The van der Waals surface area contributed by atoms with Gasteiger partial charge in [-0.05, 0) is 12.1 Å². The van der Waals surface area contributed by atoms with Gasteiger partial charge in [-0.1, -0.05) is 6.07 Å². The SMILES string of the molecule is COc1cc(NCC(c2ccccn2)N2CCOCC2)ncn1. The molecule has 7 heteroatoms. The maximum absolute atomic E-state index is 5.46. The second kappa shape index (κ2) is 7.85. The van der Waals surface area contributed by atoms with Crippen LogP contribution in [0, 0.1) is 0 Å². The number of methoxy groups -OCH3 is 1. The van der Waals surface area contributed by atoms with Crippen molar-refractivity contribution < 1.29 is 9.47 Å². The first-order valence-electron chi connectivity index (χ1n) is 7.69. The van der Waals surface area contributed by atoms with Crippen LogP contribution in [0.3, 0.4) is 0 Å². The number of pyridine rings is 1. The molecule has 1 saturated heterocycles. The highest BCUT2D eigenvalue weighted by atomic mass is 16.5. The lowest BCUT2D eigenvalue weighted by Gasteiger charge is -2.34. The first-order chi connectivity index (χ1) is 11.4. The van der Waals surface area contributed by atoms with Crippen molar-refractivity contribution in [1.29, 1.82) is 0 Å². The maximum atomic E-state index is 5.46. The summed E-state index contributed by atoms with van der Waals surface area (Å²) in [6, 6.07) is 7.96. The molecule has 1 unspecified atom stereocenters. The fraction of sp³-hybridized carbons (Fsp3) is 0.438. The lowest BCUT2D eigenvalue weighted by molar-refractivity contribution is 0.0179. The van der Waals surface area contributed by atoms with E-state index in [9.17, 15) is 0 Å². The molecule has 0 aromatic carbocycles. The summed E-state index contributed by atoms with van der Waals surface area (Å²) in [7, 11) is 1.59. The van der Waals surface area contributed by atoms with Crippen molar-refractivity contribution in [3.63, 3.8) is 0 Å². The van der Waals surface area contributed by atoms with Gasteiger partial charge in [0, 0.05) is 31.9 Å². The Kier molecular flexibility index (Phi) is 5.33. The largest absolute Gasteiger partial charge is 0.481 e. The number of nitrogens with zero attached hydrogens (tertiary/aromatic N) is 4. The van der Waals surface area contributed by atoms with Crippen molar-refractivity contribution in [2.24, 2.45) is 0 Å². The van der Waals surface area contributed by atoms with Crippen molar-refractivity contribution in [3.8, 4) is 5.88 Å². The second-order valence-corrected chi connectivity index (χ2v) is 5.25. The molecule has 1 fully saturated rings. The van der Waals surface area contributed by atoms with E-state index in [1.807, 2.05) is 18.3 Å². The van der Waals surface area contributed by atoms with E-state index in [1.165, 1.54) is 6.33 Å². The van der Waals surface area contributed by atoms with Crippen LogP contribution >= 0.6 is 0 Å². The van der Waals surface area contributed by atoms with Gasteiger partial charge >= 0.3 is 0 Å². The Balaban J connectivity index is 1.72. The van der Waals surface area contributed by atoms with Crippen molar-refractivity contribution in [2.75, 3.05) is 45.3 Å². The van der Waals surface area contributed by atoms with E-state index < -0.39 is 0 Å². The zero-order valence-corrected chi connectivity index (χ0v) is 13.2. The number of hydrogen-bond acceptors (Lipinski definition) is 7. The normalized spacial score (nSPS) is 16.7. The van der Waals surface area contributed by atoms with Crippen LogP contribution in [0.25, 0.3) is 0 Å². The van der Waals surface area contributed by atoms with Gasteiger partial charge in [-0.25, -0.2) is 9.97 Å². The van der Waals surface area contributed by atoms with Gasteiger partial charge in [-0.2, -0.15) is 0 Å². The van der Waals surface area contributed by atoms with Gasteiger partial charge in [-0.15, -0.1) is 0 Å². The minimum absolute atomic E-state index is 0.168. The van der Waals surface area contributed by atoms with E-state index in [1.54, 1.807) is 13.2 Å². The average Bonchev–Trinajstić information content (AvgIpc) is 2.64. The van der Waals surface area contributed by atoms with Crippen LogP contribution in [-0.4, -0.2) is 59.8 Å². The molecule has 0 saturated carbocycles. The molecule has 0 aliphatic carbocycles. The van der Waals surface area contributed by atoms with E-state index in [2.05, 4.69) is 31.2 Å². The molecule has 1 aliphatic heterocycles. The van der Waals surface area contributed by atoms with Crippen LogP contribution in [0.4, 0.5) is 5.82 Å². The Morgan fingerprint density at radius 2 is 2.13 bits per heavy atom. The van der Waals surface area contributed by atoms with Crippen LogP contribution in [-0.2, 0) is 4.74 Å². The second-order valence-electron chi connectivity index (χ2n) is 5.25. The lowest BCUT2D eigenvalue weighted by atomic mass is 10.1. The number of ether oxygens (including phenoxy) is 2. The fourth-order valence-electron chi connectivity index (χ4n) is 2.63. The third kappa shape index (κ3) is 4.14. The monoisotopic (exact) mass is 315 g/mol. The smallest absolute Gasteiger partial charge is 0.218 e. The molecule has 7 nitrogen and oxygen atoms in total. The molecular formula is C16H21N5O2. The van der Waals surface area contributed by atoms with E-state index in [4.69, 9.17) is 9.47 Å². The third-order valence-electron chi connectivity index (χ3n) is 3.84. The average molecular weight is 315 g/mol. The lowest BCUT2D eigenvalue weighted by Crippen LogP contribution is -2.41. The molecular weight excluding hydrogens is 294 g/mol. The molecule has 1 atom stereocenters. The topological polar surface area (TPSA) is 72.4 Å². The van der Waals surface area contributed by atoms with Gasteiger partial charge in [0.25, 0.3) is 0 Å². The molecule has 122 valence electrons. The van der Waals surface area contributed by atoms with Crippen LogP contribution in [0.1, 0.15) is 11.7 Å². The summed E-state index contributed by atoms with van der Waals surface area (Å²) in [5, 5.41) is 3.36. The quantitative estimate of drug-likeness (QED) is 0.863. The van der Waals surface area contributed by atoms with Gasteiger partial charge in [0.1, 0.15) is 12.1 Å². The fourth-order valence-corrected chi connectivity index (χ4v) is 2.63. The first kappa shape index (κ1) is 15.6. The molecule has 0 bridgehead atoms. The number of aromatic nitrogens is 3. The summed E-state index contributed by atoms with van der Waals surface area (Å²) < 4.78 is 10.6. The zero-order chi connectivity index (χ0) is 15.9. The highest BCUT2D eigenvalue weighted by Gasteiger charge is 2.23. The molecule has 2 aromatic rings. The molecule has 3 heterocycles. The number of morpholine rings is 1. The zero-order valence-electron chi connectivity index (χ0n) is 13.2. The Bertz CT molecular complexity index is 604. The predicted octanol–water partition coefficient (Wildman–Crippen LogP) is 1.37. The van der Waals surface area contributed by atoms with Gasteiger partial charge in [0.05, 0.1) is 32.1 Å². The number of hydrogen-bond donors (Lipinski definition) is 1. The van der Waals surface area contributed by atoms with E-state index >= 15 is 0 Å². The van der Waals surface area contributed by atoms with Crippen LogP contribution < -0.4 is 10.1 Å². The van der Waals surface area contributed by atoms with Crippen molar-refractivity contribution >= 4 is 5.82 Å². The van der Waals surface area contributed by atoms with Crippen molar-refractivity contribution in [3.05, 3.63) is 42.5 Å². The van der Waals surface area contributed by atoms with E-state index in [0.29, 0.717) is 12.4 Å². The highest BCUT2D eigenvalue weighted by molar-refractivity contribution is 5.37. The maximum Gasteiger partial charge on any atom is 0.218 e. The Hall–Kier alpha value is -2.25.